The summed E-state index contributed by atoms with van der Waals surface area (Å²) in [5.74, 6) is -142. The van der Waals surface area contributed by atoms with Crippen molar-refractivity contribution in [2.45, 2.75) is 134 Å². The molecule has 0 fully saturated rings. The van der Waals surface area contributed by atoms with E-state index in [4.69, 9.17) is 0 Å². The summed E-state index contributed by atoms with van der Waals surface area (Å²) in [5.41, 5.74) is 0. The second kappa shape index (κ2) is 15.3. The van der Waals surface area contributed by atoms with Gasteiger partial charge in [0.15, 0.2) is 0 Å². The normalized spacial score (nSPS) is 16.4. The van der Waals surface area contributed by atoms with E-state index in [0.717, 1.165) is 0 Å². The molecular weight excluding hydrogens is 967 g/mol. The molecule has 0 radical (unpaired) electrons. The molecule has 362 valence electrons. The van der Waals surface area contributed by atoms with Gasteiger partial charge in [0, 0.05) is 6.42 Å². The van der Waals surface area contributed by atoms with E-state index in [0.29, 0.717) is 0 Å². The molecule has 0 amide bonds. The zero-order valence-electron chi connectivity index (χ0n) is 28.3. The molecule has 0 aliphatic carbocycles. The van der Waals surface area contributed by atoms with Crippen LogP contribution in [0.3, 0.4) is 0 Å². The molecule has 2 nitrogen and oxygen atoms in total. The van der Waals surface area contributed by atoms with Crippen molar-refractivity contribution in [3.8, 4) is 0 Å². The Hall–Kier alpha value is -3.10. The van der Waals surface area contributed by atoms with E-state index in [2.05, 4.69) is 0 Å². The molecule has 0 aliphatic rings. The number of alkyl halides is 33. The molecule has 0 N–H and O–H groups in total. The Balaban J connectivity index is 3.72. The van der Waals surface area contributed by atoms with E-state index in [-0.39, 0.29) is 19.4 Å². The Morgan fingerprint density at radius 1 is 0.328 bits per heavy atom. The van der Waals surface area contributed by atoms with E-state index >= 15 is 0 Å². The van der Waals surface area contributed by atoms with Crippen LogP contribution in [0.1, 0.15) is 32.1 Å². The van der Waals surface area contributed by atoms with Crippen LogP contribution in [0.25, 0.3) is 0 Å². The van der Waals surface area contributed by atoms with E-state index in [1.165, 1.54) is 34.9 Å². The van der Waals surface area contributed by atoms with Crippen molar-refractivity contribution in [2.75, 3.05) is 0 Å². The molecule has 1 aromatic rings. The lowest BCUT2D eigenvalue weighted by Gasteiger charge is -2.47. The summed E-state index contributed by atoms with van der Waals surface area (Å²) in [5, 5.41) is 0. The number of rotatable bonds is 21. The Kier molecular flexibility index (Phi) is 14.0. The number of aromatic nitrogens is 2. The molecule has 0 saturated heterocycles. The van der Waals surface area contributed by atoms with Gasteiger partial charge < -0.3 is 0 Å². The Morgan fingerprint density at radius 3 is 0.820 bits per heavy atom. The van der Waals surface area contributed by atoms with Crippen LogP contribution in [0.5, 0.6) is 0 Å². The van der Waals surface area contributed by atoms with E-state index in [1.54, 1.807) is 0 Å². The number of aryl methyl sites for hydroxylation is 2. The van der Waals surface area contributed by atoms with Gasteiger partial charge in [-0.1, -0.05) is 6.42 Å². The van der Waals surface area contributed by atoms with Crippen molar-refractivity contribution in [3.05, 3.63) is 18.7 Å². The standard InChI is InChI=1S/C26H18F33N2/c1-60-8-9-61(10-60)7-5-3-2-4-6-11(27,28)12(29,30)13(31,32)14(33,34)15(35,36)16(37,38)17(39,40)18(41,42)19(43,44)20(45,46)21(47,48)22(49,50)23(51,52)24(53,54)25(55,56)26(57,58)59/h8-10H,2-7H2,1H3/q+1. The number of hydrogen-bond donors (Lipinski definition) is 0. The summed E-state index contributed by atoms with van der Waals surface area (Å²) >= 11 is 0. The number of hydrogen-bond acceptors (Lipinski definition) is 0. The summed E-state index contributed by atoms with van der Waals surface area (Å²) in [7, 11) is 1.49. The molecule has 0 saturated carbocycles. The van der Waals surface area contributed by atoms with Gasteiger partial charge in [-0.25, -0.2) is 9.13 Å². The summed E-state index contributed by atoms with van der Waals surface area (Å²) < 4.78 is 455. The summed E-state index contributed by atoms with van der Waals surface area (Å²) in [6.07, 6.45) is -9.69. The maximum atomic E-state index is 14.1. The smallest absolute Gasteiger partial charge is 0.240 e. The molecule has 0 atom stereocenters. The van der Waals surface area contributed by atoms with Crippen LogP contribution in [0.4, 0.5) is 145 Å². The molecule has 0 aliphatic heterocycles. The van der Waals surface area contributed by atoms with Gasteiger partial charge in [-0.15, -0.1) is 0 Å². The molecular formula is C26H18F33N2+. The number of nitrogens with zero attached hydrogens (tertiary/aromatic N) is 2. The average Bonchev–Trinajstić information content (AvgIpc) is 3.48. The van der Waals surface area contributed by atoms with Gasteiger partial charge in [-0.05, 0) is 19.3 Å². The minimum atomic E-state index is -10.2. The van der Waals surface area contributed by atoms with Crippen molar-refractivity contribution in [1.82, 2.24) is 4.57 Å². The summed E-state index contributed by atoms with van der Waals surface area (Å²) in [6.45, 7) is 0.0187. The van der Waals surface area contributed by atoms with Crippen molar-refractivity contribution in [2.24, 2.45) is 7.05 Å². The minimum absolute atomic E-state index is 0.0187. The van der Waals surface area contributed by atoms with Crippen molar-refractivity contribution in [1.29, 1.82) is 0 Å². The summed E-state index contributed by atoms with van der Waals surface area (Å²) in [6, 6.07) is 0. The molecule has 0 aromatic carbocycles. The van der Waals surface area contributed by atoms with Crippen molar-refractivity contribution < 1.29 is 149 Å². The van der Waals surface area contributed by atoms with Crippen LogP contribution in [-0.4, -0.2) is 99.6 Å². The zero-order valence-corrected chi connectivity index (χ0v) is 28.3. The fraction of sp³-hybridized carbons (Fsp3) is 0.885. The van der Waals surface area contributed by atoms with Crippen molar-refractivity contribution in [3.63, 3.8) is 0 Å². The predicted octanol–water partition coefficient (Wildman–Crippen LogP) is 12.4. The Morgan fingerprint density at radius 2 is 0.574 bits per heavy atom. The first kappa shape index (κ1) is 55.9. The van der Waals surface area contributed by atoms with Crippen LogP contribution in [0, 0.1) is 0 Å². The highest BCUT2D eigenvalue weighted by molar-refractivity contribution is 5.22. The molecule has 61 heavy (non-hydrogen) atoms. The van der Waals surface area contributed by atoms with Crippen LogP contribution >= 0.6 is 0 Å². The van der Waals surface area contributed by atoms with Crippen LogP contribution < -0.4 is 4.57 Å². The molecule has 0 unspecified atom stereocenters. The third kappa shape index (κ3) is 7.53. The van der Waals surface area contributed by atoms with Gasteiger partial charge >= 0.3 is 95.0 Å². The van der Waals surface area contributed by atoms with Gasteiger partial charge in [0.05, 0.1) is 13.6 Å². The Labute approximate surface area is 314 Å². The van der Waals surface area contributed by atoms with Crippen molar-refractivity contribution >= 4 is 0 Å². The fourth-order valence-electron chi connectivity index (χ4n) is 4.56. The maximum Gasteiger partial charge on any atom is 0.460 e. The zero-order chi connectivity index (χ0) is 49.5. The average molecular weight is 985 g/mol. The topological polar surface area (TPSA) is 8.81 Å². The van der Waals surface area contributed by atoms with Gasteiger partial charge in [-0.2, -0.15) is 145 Å². The largest absolute Gasteiger partial charge is 0.460 e. The lowest BCUT2D eigenvalue weighted by Crippen LogP contribution is -2.80. The number of imidazole rings is 1. The first-order valence-electron chi connectivity index (χ1n) is 15.0. The minimum Gasteiger partial charge on any atom is -0.240 e. The van der Waals surface area contributed by atoms with Gasteiger partial charge in [0.25, 0.3) is 0 Å². The van der Waals surface area contributed by atoms with Crippen LogP contribution in [0.2, 0.25) is 0 Å². The number of halogens is 33. The first-order chi connectivity index (χ1) is 26.2. The van der Waals surface area contributed by atoms with E-state index < -0.39 is 114 Å². The molecule has 0 bridgehead atoms. The fourth-order valence-corrected chi connectivity index (χ4v) is 4.56. The van der Waals surface area contributed by atoms with E-state index in [9.17, 15) is 145 Å². The molecule has 1 aromatic heterocycles. The highest BCUT2D eigenvalue weighted by atomic mass is 19.4. The molecule has 1 rings (SSSR count). The third-order valence-electron chi connectivity index (χ3n) is 8.42. The van der Waals surface area contributed by atoms with Crippen LogP contribution in [0.15, 0.2) is 18.7 Å². The highest BCUT2D eigenvalue weighted by Gasteiger charge is 3.01. The highest BCUT2D eigenvalue weighted by Crippen LogP contribution is 2.70. The maximum absolute atomic E-state index is 14.1. The second-order valence-electron chi connectivity index (χ2n) is 12.7. The lowest BCUT2D eigenvalue weighted by molar-refractivity contribution is -0.671. The monoisotopic (exact) mass is 985 g/mol. The number of unbranched alkanes of at least 4 members (excludes halogenated alkanes) is 3. The first-order valence-corrected chi connectivity index (χ1v) is 15.0. The quantitative estimate of drug-likeness (QED) is 0.0659. The van der Waals surface area contributed by atoms with Gasteiger partial charge in [0.1, 0.15) is 12.4 Å². The molecule has 1 heterocycles. The third-order valence-corrected chi connectivity index (χ3v) is 8.42. The molecule has 35 heteroatoms. The molecule has 0 spiro atoms. The second-order valence-corrected chi connectivity index (χ2v) is 12.7. The SMILES string of the molecule is C[n+]1ccn(CCCCCCC(F)(F)C(F)(F)C(F)(F)C(F)(F)C(F)(F)C(F)(F)C(F)(F)C(F)(F)C(F)(F)C(F)(F)C(F)(F)C(F)(F)C(F)(F)C(F)(F)C(F)(F)C(F)(F)F)c1. The van der Waals surface area contributed by atoms with Gasteiger partial charge in [0.2, 0.25) is 6.33 Å². The lowest BCUT2D eigenvalue weighted by atomic mass is 9.82. The Bertz CT molecular complexity index is 1660. The predicted molar refractivity (Wildman–Crippen MR) is 129 cm³/mol. The van der Waals surface area contributed by atoms with Gasteiger partial charge in [-0.3, -0.25) is 0 Å². The van der Waals surface area contributed by atoms with Crippen LogP contribution in [-0.2, 0) is 13.6 Å². The summed E-state index contributed by atoms with van der Waals surface area (Å²) in [4.78, 5) is 0. The van der Waals surface area contributed by atoms with E-state index in [1.807, 2.05) is 0 Å².